The maximum atomic E-state index is 12.4. The van der Waals surface area contributed by atoms with Gasteiger partial charge in [0.05, 0.1) is 5.69 Å². The summed E-state index contributed by atoms with van der Waals surface area (Å²) in [6.07, 6.45) is -0.625. The number of para-hydroxylation sites is 2. The maximum absolute atomic E-state index is 12.4. The molecule has 4 rings (SSSR count). The molecule has 0 fully saturated rings. The van der Waals surface area contributed by atoms with Crippen LogP contribution in [0, 0.1) is 13.8 Å². The van der Waals surface area contributed by atoms with Crippen LogP contribution in [0.4, 0.5) is 10.6 Å². The van der Waals surface area contributed by atoms with Gasteiger partial charge in [0.2, 0.25) is 5.89 Å². The van der Waals surface area contributed by atoms with E-state index in [9.17, 15) is 4.79 Å². The van der Waals surface area contributed by atoms with Gasteiger partial charge in [-0.2, -0.15) is 5.10 Å². The van der Waals surface area contributed by atoms with Crippen LogP contribution < -0.4 is 10.1 Å². The van der Waals surface area contributed by atoms with E-state index in [0.717, 1.165) is 5.69 Å². The smallest absolute Gasteiger partial charge is 0.418 e. The minimum absolute atomic E-state index is 0.282. The van der Waals surface area contributed by atoms with Gasteiger partial charge in [-0.1, -0.05) is 36.4 Å². The van der Waals surface area contributed by atoms with Crippen LogP contribution in [0.15, 0.2) is 65.1 Å². The molecule has 2 heterocycles. The Morgan fingerprint density at radius 2 is 1.68 bits per heavy atom. The summed E-state index contributed by atoms with van der Waals surface area (Å²) < 4.78 is 12.5. The fraction of sp³-hybridized carbons (Fsp3) is 0.100. The molecule has 0 bridgehead atoms. The van der Waals surface area contributed by atoms with Crippen LogP contribution in [0.3, 0.4) is 0 Å². The number of amides is 1. The van der Waals surface area contributed by atoms with E-state index in [0.29, 0.717) is 28.7 Å². The molecule has 0 unspecified atom stereocenters. The lowest BCUT2D eigenvalue weighted by Crippen LogP contribution is -2.19. The summed E-state index contributed by atoms with van der Waals surface area (Å²) in [4.78, 5) is 12.4. The molecule has 8 nitrogen and oxygen atoms in total. The van der Waals surface area contributed by atoms with Gasteiger partial charge in [0, 0.05) is 12.5 Å². The van der Waals surface area contributed by atoms with Gasteiger partial charge in [0.15, 0.2) is 5.69 Å². The van der Waals surface area contributed by atoms with Crippen LogP contribution in [0.1, 0.15) is 11.5 Å². The second kappa shape index (κ2) is 7.36. The first-order valence-corrected chi connectivity index (χ1v) is 8.61. The number of aryl methyl sites for hydroxylation is 1. The van der Waals surface area contributed by atoms with E-state index in [1.165, 1.54) is 0 Å². The Hall–Kier alpha value is -3.94. The van der Waals surface area contributed by atoms with Crippen LogP contribution in [0.5, 0.6) is 5.75 Å². The van der Waals surface area contributed by atoms with Crippen molar-refractivity contribution in [3.05, 3.63) is 72.1 Å². The van der Waals surface area contributed by atoms with Gasteiger partial charge >= 0.3 is 6.09 Å². The van der Waals surface area contributed by atoms with Crippen molar-refractivity contribution in [2.24, 2.45) is 0 Å². The van der Waals surface area contributed by atoms with Gasteiger partial charge in [0.25, 0.3) is 5.89 Å². The molecule has 2 aromatic carbocycles. The number of carbonyl (C=O) groups is 1. The summed E-state index contributed by atoms with van der Waals surface area (Å²) in [5.41, 5.74) is 1.93. The highest BCUT2D eigenvalue weighted by Crippen LogP contribution is 2.30. The van der Waals surface area contributed by atoms with Gasteiger partial charge < -0.3 is 9.15 Å². The number of hydrogen-bond acceptors (Lipinski definition) is 6. The number of hydrogen-bond donors (Lipinski definition) is 1. The van der Waals surface area contributed by atoms with E-state index < -0.39 is 6.09 Å². The highest BCUT2D eigenvalue weighted by atomic mass is 16.6. The maximum Gasteiger partial charge on any atom is 0.418 e. The van der Waals surface area contributed by atoms with E-state index >= 15 is 0 Å². The quantitative estimate of drug-likeness (QED) is 0.576. The van der Waals surface area contributed by atoms with E-state index in [1.54, 1.807) is 35.9 Å². The van der Waals surface area contributed by atoms with Crippen LogP contribution in [-0.2, 0) is 0 Å². The molecule has 0 spiro atoms. The third-order valence-corrected chi connectivity index (χ3v) is 4.03. The lowest BCUT2D eigenvalue weighted by molar-refractivity contribution is 0.215. The van der Waals surface area contributed by atoms with E-state index in [4.69, 9.17) is 9.15 Å². The lowest BCUT2D eigenvalue weighted by atomic mass is 10.2. The summed E-state index contributed by atoms with van der Waals surface area (Å²) in [5.74, 6) is 1.61. The highest BCUT2D eigenvalue weighted by Gasteiger charge is 2.22. The number of carbonyl (C=O) groups excluding carboxylic acids is 1. The zero-order valence-corrected chi connectivity index (χ0v) is 15.3. The SMILES string of the molecule is Cc1nnc(-c2nn(-c3ccccc3)c(NC(=O)Oc3ccccc3)c2C)o1. The third-order valence-electron chi connectivity index (χ3n) is 4.03. The molecule has 140 valence electrons. The summed E-state index contributed by atoms with van der Waals surface area (Å²) in [6.45, 7) is 3.52. The molecule has 0 saturated carbocycles. The number of nitrogens with zero attached hydrogens (tertiary/aromatic N) is 4. The van der Waals surface area contributed by atoms with Crippen molar-refractivity contribution >= 4 is 11.9 Å². The number of ether oxygens (including phenoxy) is 1. The second-order valence-electron chi connectivity index (χ2n) is 6.02. The van der Waals surface area contributed by atoms with Crippen LogP contribution in [0.25, 0.3) is 17.3 Å². The average molecular weight is 375 g/mol. The molecule has 1 N–H and O–H groups in total. The molecule has 1 amide bonds. The summed E-state index contributed by atoms with van der Waals surface area (Å²) in [7, 11) is 0. The highest BCUT2D eigenvalue weighted by molar-refractivity contribution is 5.87. The Kier molecular flexibility index (Phi) is 4.59. The molecule has 0 saturated heterocycles. The molecule has 0 aliphatic heterocycles. The second-order valence-corrected chi connectivity index (χ2v) is 6.02. The van der Waals surface area contributed by atoms with Gasteiger partial charge in [-0.25, -0.2) is 9.48 Å². The van der Waals surface area contributed by atoms with Gasteiger partial charge in [-0.05, 0) is 31.2 Å². The molecule has 0 aliphatic rings. The molecule has 0 radical (unpaired) electrons. The number of aromatic nitrogens is 4. The predicted octanol–water partition coefficient (Wildman–Crippen LogP) is 4.15. The monoisotopic (exact) mass is 375 g/mol. The van der Waals surface area contributed by atoms with Crippen LogP contribution in [-0.4, -0.2) is 26.1 Å². The van der Waals surface area contributed by atoms with Gasteiger partial charge in [-0.3, -0.25) is 5.32 Å². The molecular formula is C20H17N5O3. The van der Waals surface area contributed by atoms with Crippen LogP contribution >= 0.6 is 0 Å². The van der Waals surface area contributed by atoms with Crippen molar-refractivity contribution < 1.29 is 13.9 Å². The summed E-state index contributed by atoms with van der Waals surface area (Å²) >= 11 is 0. The Balaban J connectivity index is 1.72. The Labute approximate surface area is 160 Å². The standard InChI is InChI=1S/C20H17N5O3/c1-13-17(19-23-22-14(2)27-19)24-25(15-9-5-3-6-10-15)18(13)21-20(26)28-16-11-7-4-8-12-16/h3-12H,1-2H3,(H,21,26). The number of nitrogens with one attached hydrogen (secondary N) is 1. The Bertz CT molecular complexity index is 1100. The molecule has 8 heteroatoms. The lowest BCUT2D eigenvalue weighted by Gasteiger charge is -2.10. The van der Waals surface area contributed by atoms with Crippen molar-refractivity contribution in [1.29, 1.82) is 0 Å². The normalized spacial score (nSPS) is 10.6. The topological polar surface area (TPSA) is 95.1 Å². The minimum atomic E-state index is -0.625. The van der Waals surface area contributed by atoms with Crippen LogP contribution in [0.2, 0.25) is 0 Å². The molecular weight excluding hydrogens is 358 g/mol. The molecule has 2 aromatic heterocycles. The third kappa shape index (κ3) is 3.48. The number of benzene rings is 2. The first kappa shape index (κ1) is 17.5. The fourth-order valence-electron chi connectivity index (χ4n) is 2.71. The fourth-order valence-corrected chi connectivity index (χ4v) is 2.71. The van der Waals surface area contributed by atoms with E-state index in [2.05, 4.69) is 20.6 Å². The minimum Gasteiger partial charge on any atom is -0.420 e. The Morgan fingerprint density at radius 3 is 2.32 bits per heavy atom. The Morgan fingerprint density at radius 1 is 1.00 bits per heavy atom. The van der Waals surface area contributed by atoms with E-state index in [1.807, 2.05) is 43.3 Å². The summed E-state index contributed by atoms with van der Waals surface area (Å²) in [6, 6.07) is 18.3. The number of anilines is 1. The summed E-state index contributed by atoms with van der Waals surface area (Å²) in [5, 5.41) is 15.2. The predicted molar refractivity (Wildman–Crippen MR) is 102 cm³/mol. The van der Waals surface area contributed by atoms with Crippen molar-refractivity contribution in [3.63, 3.8) is 0 Å². The largest absolute Gasteiger partial charge is 0.420 e. The average Bonchev–Trinajstić information content (AvgIpc) is 3.27. The molecule has 4 aromatic rings. The van der Waals surface area contributed by atoms with E-state index in [-0.39, 0.29) is 5.89 Å². The van der Waals surface area contributed by atoms with Crippen molar-refractivity contribution in [1.82, 2.24) is 20.0 Å². The first-order chi connectivity index (χ1) is 13.6. The van der Waals surface area contributed by atoms with Crippen molar-refractivity contribution in [2.45, 2.75) is 13.8 Å². The van der Waals surface area contributed by atoms with Crippen molar-refractivity contribution in [3.8, 4) is 23.0 Å². The van der Waals surface area contributed by atoms with Gasteiger partial charge in [-0.15, -0.1) is 10.2 Å². The molecule has 0 atom stereocenters. The molecule has 28 heavy (non-hydrogen) atoms. The zero-order chi connectivity index (χ0) is 19.5. The van der Waals surface area contributed by atoms with Gasteiger partial charge in [0.1, 0.15) is 11.6 Å². The van der Waals surface area contributed by atoms with Crippen molar-refractivity contribution in [2.75, 3.05) is 5.32 Å². The molecule has 0 aliphatic carbocycles. The number of rotatable bonds is 4. The first-order valence-electron chi connectivity index (χ1n) is 8.61. The zero-order valence-electron chi connectivity index (χ0n) is 15.3.